The molecule has 1 aliphatic heterocycles. The number of halogens is 1. The van der Waals surface area contributed by atoms with Crippen LogP contribution in [0.3, 0.4) is 0 Å². The molecule has 0 fully saturated rings. The van der Waals surface area contributed by atoms with Crippen molar-refractivity contribution < 1.29 is 14.0 Å². The molecule has 0 spiro atoms. The van der Waals surface area contributed by atoms with Crippen molar-refractivity contribution in [1.82, 2.24) is 5.16 Å². The molecule has 5 nitrogen and oxygen atoms in total. The minimum atomic E-state index is 0.246. The van der Waals surface area contributed by atoms with Crippen LogP contribution in [0.1, 0.15) is 25.3 Å². The number of nitrogens with zero attached hydrogens (tertiary/aromatic N) is 1. The average Bonchev–Trinajstić information content (AvgIpc) is 2.83. The van der Waals surface area contributed by atoms with Gasteiger partial charge in [0.25, 0.3) is 0 Å². The lowest BCUT2D eigenvalue weighted by atomic mass is 9.93. The Morgan fingerprint density at radius 3 is 2.65 bits per heavy atom. The Bertz CT molecular complexity index is 652. The molecule has 106 valence electrons. The Morgan fingerprint density at radius 2 is 2.00 bits per heavy atom. The standard InChI is InChI=1S/C14H15BrN2O3/c1-7(2)12-13(9-6-11(16)20-17-9)8(15)5-10-14(12)19-4-3-18-10/h5-7H,3-4,16H2,1-2H3. The van der Waals surface area contributed by atoms with E-state index in [2.05, 4.69) is 34.9 Å². The van der Waals surface area contributed by atoms with Crippen LogP contribution in [-0.2, 0) is 0 Å². The number of rotatable bonds is 2. The predicted octanol–water partition coefficient (Wildman–Crippen LogP) is 3.58. The third-order valence-corrected chi connectivity index (χ3v) is 3.81. The molecule has 0 saturated heterocycles. The molecule has 0 bridgehead atoms. The quantitative estimate of drug-likeness (QED) is 0.906. The van der Waals surface area contributed by atoms with Gasteiger partial charge in [0.1, 0.15) is 18.9 Å². The molecule has 20 heavy (non-hydrogen) atoms. The molecule has 1 aromatic carbocycles. The first-order chi connectivity index (χ1) is 9.58. The van der Waals surface area contributed by atoms with Crippen LogP contribution in [0.4, 0.5) is 5.88 Å². The fourth-order valence-electron chi connectivity index (χ4n) is 2.40. The van der Waals surface area contributed by atoms with E-state index in [1.54, 1.807) is 6.07 Å². The first-order valence-electron chi connectivity index (χ1n) is 6.42. The zero-order valence-corrected chi connectivity index (χ0v) is 12.9. The second-order valence-electron chi connectivity index (χ2n) is 4.94. The van der Waals surface area contributed by atoms with E-state index in [1.807, 2.05) is 6.07 Å². The summed E-state index contributed by atoms with van der Waals surface area (Å²) in [7, 11) is 0. The van der Waals surface area contributed by atoms with Crippen molar-refractivity contribution in [3.05, 3.63) is 22.2 Å². The van der Waals surface area contributed by atoms with Gasteiger partial charge in [0, 0.05) is 21.7 Å². The summed E-state index contributed by atoms with van der Waals surface area (Å²) >= 11 is 3.58. The lowest BCUT2D eigenvalue weighted by Gasteiger charge is -2.25. The summed E-state index contributed by atoms with van der Waals surface area (Å²) in [5.74, 6) is 2.07. The van der Waals surface area contributed by atoms with E-state index >= 15 is 0 Å². The van der Waals surface area contributed by atoms with Crippen LogP contribution in [0, 0.1) is 0 Å². The van der Waals surface area contributed by atoms with Gasteiger partial charge in [0.2, 0.25) is 5.88 Å². The Kier molecular flexibility index (Phi) is 3.33. The summed E-state index contributed by atoms with van der Waals surface area (Å²) in [4.78, 5) is 0. The van der Waals surface area contributed by atoms with Crippen molar-refractivity contribution in [3.63, 3.8) is 0 Å². The molecule has 1 aliphatic rings. The van der Waals surface area contributed by atoms with Gasteiger partial charge in [-0.3, -0.25) is 0 Å². The van der Waals surface area contributed by atoms with Gasteiger partial charge in [0.15, 0.2) is 11.5 Å². The Labute approximate surface area is 125 Å². The zero-order chi connectivity index (χ0) is 14.3. The van der Waals surface area contributed by atoms with E-state index in [0.717, 1.165) is 27.1 Å². The first-order valence-corrected chi connectivity index (χ1v) is 7.21. The van der Waals surface area contributed by atoms with Crippen LogP contribution in [0.15, 0.2) is 21.1 Å². The fraction of sp³-hybridized carbons (Fsp3) is 0.357. The van der Waals surface area contributed by atoms with E-state index in [1.165, 1.54) is 0 Å². The number of fused-ring (bicyclic) bond motifs is 1. The molecule has 0 unspecified atom stereocenters. The predicted molar refractivity (Wildman–Crippen MR) is 79.1 cm³/mol. The van der Waals surface area contributed by atoms with E-state index < -0.39 is 0 Å². The third-order valence-electron chi connectivity index (χ3n) is 3.18. The van der Waals surface area contributed by atoms with Crippen molar-refractivity contribution in [2.75, 3.05) is 18.9 Å². The molecule has 0 amide bonds. The van der Waals surface area contributed by atoms with E-state index in [4.69, 9.17) is 19.7 Å². The number of ether oxygens (including phenoxy) is 2. The van der Waals surface area contributed by atoms with Gasteiger partial charge in [-0.1, -0.05) is 19.0 Å². The highest BCUT2D eigenvalue weighted by molar-refractivity contribution is 9.10. The summed E-state index contributed by atoms with van der Waals surface area (Å²) in [5.41, 5.74) is 8.30. The highest BCUT2D eigenvalue weighted by Crippen LogP contribution is 2.47. The van der Waals surface area contributed by atoms with Crippen LogP contribution in [0.5, 0.6) is 11.5 Å². The topological polar surface area (TPSA) is 70.5 Å². The fourth-order valence-corrected chi connectivity index (χ4v) is 3.02. The molecule has 1 aromatic heterocycles. The lowest BCUT2D eigenvalue weighted by molar-refractivity contribution is 0.169. The van der Waals surface area contributed by atoms with Crippen molar-refractivity contribution >= 4 is 21.8 Å². The number of hydrogen-bond acceptors (Lipinski definition) is 5. The van der Waals surface area contributed by atoms with Crippen LogP contribution in [0.25, 0.3) is 11.3 Å². The van der Waals surface area contributed by atoms with Gasteiger partial charge in [0.05, 0.1) is 0 Å². The largest absolute Gasteiger partial charge is 0.486 e. The molecular formula is C14H15BrN2O3. The minimum Gasteiger partial charge on any atom is -0.486 e. The summed E-state index contributed by atoms with van der Waals surface area (Å²) < 4.78 is 17.3. The number of nitrogen functional groups attached to an aromatic ring is 1. The maximum absolute atomic E-state index is 5.80. The highest BCUT2D eigenvalue weighted by Gasteiger charge is 2.26. The van der Waals surface area contributed by atoms with Gasteiger partial charge in [-0.25, -0.2) is 0 Å². The number of hydrogen-bond donors (Lipinski definition) is 1. The number of anilines is 1. The second kappa shape index (κ2) is 5.01. The number of nitrogens with two attached hydrogens (primary N) is 1. The van der Waals surface area contributed by atoms with Crippen LogP contribution in [-0.4, -0.2) is 18.4 Å². The Morgan fingerprint density at radius 1 is 1.25 bits per heavy atom. The van der Waals surface area contributed by atoms with Crippen molar-refractivity contribution in [2.24, 2.45) is 0 Å². The van der Waals surface area contributed by atoms with E-state index in [-0.39, 0.29) is 11.8 Å². The van der Waals surface area contributed by atoms with Crippen molar-refractivity contribution in [1.29, 1.82) is 0 Å². The van der Waals surface area contributed by atoms with Gasteiger partial charge in [-0.05, 0) is 27.9 Å². The van der Waals surface area contributed by atoms with Crippen LogP contribution >= 0.6 is 15.9 Å². The molecule has 0 atom stereocenters. The highest BCUT2D eigenvalue weighted by atomic mass is 79.9. The summed E-state index contributed by atoms with van der Waals surface area (Å²) in [6.45, 7) is 5.32. The molecule has 2 aromatic rings. The lowest BCUT2D eigenvalue weighted by Crippen LogP contribution is -2.17. The normalized spacial score (nSPS) is 13.8. The van der Waals surface area contributed by atoms with E-state index in [0.29, 0.717) is 18.9 Å². The average molecular weight is 339 g/mol. The summed E-state index contributed by atoms with van der Waals surface area (Å²) in [6.07, 6.45) is 0. The SMILES string of the molecule is CC(C)c1c2c(cc(Br)c1-c1cc(N)on1)OCCO2. The maximum atomic E-state index is 5.80. The molecule has 2 N–H and O–H groups in total. The van der Waals surface area contributed by atoms with Crippen LogP contribution < -0.4 is 15.2 Å². The molecule has 0 aliphatic carbocycles. The molecule has 3 rings (SSSR count). The van der Waals surface area contributed by atoms with Gasteiger partial charge in [-0.15, -0.1) is 0 Å². The summed E-state index contributed by atoms with van der Waals surface area (Å²) in [6, 6.07) is 3.61. The molecule has 2 heterocycles. The zero-order valence-electron chi connectivity index (χ0n) is 11.3. The van der Waals surface area contributed by atoms with Gasteiger partial charge < -0.3 is 19.7 Å². The maximum Gasteiger partial charge on any atom is 0.222 e. The second-order valence-corrected chi connectivity index (χ2v) is 5.79. The van der Waals surface area contributed by atoms with E-state index in [9.17, 15) is 0 Å². The Balaban J connectivity index is 2.27. The number of aromatic nitrogens is 1. The first kappa shape index (κ1) is 13.3. The molecule has 0 saturated carbocycles. The van der Waals surface area contributed by atoms with Crippen LogP contribution in [0.2, 0.25) is 0 Å². The number of benzene rings is 1. The third kappa shape index (κ3) is 2.14. The molecular weight excluding hydrogens is 324 g/mol. The molecule has 6 heteroatoms. The smallest absolute Gasteiger partial charge is 0.222 e. The monoisotopic (exact) mass is 338 g/mol. The Hall–Kier alpha value is -1.69. The minimum absolute atomic E-state index is 0.246. The summed E-state index contributed by atoms with van der Waals surface area (Å²) in [5, 5.41) is 4.01. The van der Waals surface area contributed by atoms with Gasteiger partial charge >= 0.3 is 0 Å². The van der Waals surface area contributed by atoms with Crippen molar-refractivity contribution in [2.45, 2.75) is 19.8 Å². The van der Waals surface area contributed by atoms with Gasteiger partial charge in [-0.2, -0.15) is 0 Å². The van der Waals surface area contributed by atoms with Crippen molar-refractivity contribution in [3.8, 4) is 22.8 Å². The molecule has 0 radical (unpaired) electrons.